The molecular weight excluding hydrogens is 406 g/mol. The zero-order valence-corrected chi connectivity index (χ0v) is 15.4. The fourth-order valence-corrected chi connectivity index (χ4v) is 3.34. The van der Waals surface area contributed by atoms with Crippen molar-refractivity contribution in [3.05, 3.63) is 69.5 Å². The molecule has 1 amide bonds. The quantitative estimate of drug-likeness (QED) is 0.633. The Morgan fingerprint density at radius 3 is 2.76 bits per heavy atom. The number of carbonyl (C=O) groups is 1. The van der Waals surface area contributed by atoms with Crippen LogP contribution in [-0.2, 0) is 0 Å². The molecule has 0 unspecified atom stereocenters. The van der Waals surface area contributed by atoms with E-state index in [0.717, 1.165) is 10.0 Å². The minimum Gasteiger partial charge on any atom is -0.339 e. The molecule has 0 bridgehead atoms. The fraction of sp³-hybridized carbons (Fsp3) is 0.167. The number of rotatable bonds is 3. The van der Waals surface area contributed by atoms with Gasteiger partial charge in [0.2, 0.25) is 11.7 Å². The van der Waals surface area contributed by atoms with Crippen molar-refractivity contribution in [2.75, 3.05) is 13.1 Å². The summed E-state index contributed by atoms with van der Waals surface area (Å²) in [6, 6.07) is 14.7. The second-order valence-electron chi connectivity index (χ2n) is 5.88. The van der Waals surface area contributed by atoms with Crippen molar-refractivity contribution in [3.8, 4) is 11.4 Å². The number of hydrogen-bond donors (Lipinski definition) is 0. The topological polar surface area (TPSA) is 59.2 Å². The molecule has 2 aromatic carbocycles. The van der Waals surface area contributed by atoms with Crippen LogP contribution in [0, 0.1) is 0 Å². The average Bonchev–Trinajstić information content (AvgIpc) is 3.03. The summed E-state index contributed by atoms with van der Waals surface area (Å²) in [7, 11) is 0. The second kappa shape index (κ2) is 6.61. The molecule has 5 nitrogen and oxygen atoms in total. The molecule has 1 fully saturated rings. The monoisotopic (exact) mass is 417 g/mol. The second-order valence-corrected chi connectivity index (χ2v) is 7.24. The van der Waals surface area contributed by atoms with Gasteiger partial charge in [-0.1, -0.05) is 50.9 Å². The van der Waals surface area contributed by atoms with E-state index in [9.17, 15) is 4.79 Å². The molecule has 1 aliphatic heterocycles. The number of amides is 1. The highest BCUT2D eigenvalue weighted by Crippen LogP contribution is 2.29. The van der Waals surface area contributed by atoms with Crippen LogP contribution in [0.1, 0.15) is 22.2 Å². The van der Waals surface area contributed by atoms with Crippen molar-refractivity contribution in [3.63, 3.8) is 0 Å². The Hall–Kier alpha value is -2.18. The van der Waals surface area contributed by atoms with Gasteiger partial charge >= 0.3 is 0 Å². The average molecular weight is 419 g/mol. The summed E-state index contributed by atoms with van der Waals surface area (Å²) in [6.07, 6.45) is 0. The summed E-state index contributed by atoms with van der Waals surface area (Å²) in [5.74, 6) is 1.13. The van der Waals surface area contributed by atoms with Crippen LogP contribution >= 0.6 is 27.5 Å². The van der Waals surface area contributed by atoms with E-state index in [-0.39, 0.29) is 11.8 Å². The zero-order chi connectivity index (χ0) is 17.4. The first-order valence-corrected chi connectivity index (χ1v) is 8.91. The molecule has 1 saturated heterocycles. The van der Waals surface area contributed by atoms with Crippen molar-refractivity contribution >= 4 is 33.4 Å². The summed E-state index contributed by atoms with van der Waals surface area (Å²) in [5, 5.41) is 4.64. The van der Waals surface area contributed by atoms with Crippen molar-refractivity contribution in [1.29, 1.82) is 0 Å². The molecule has 7 heteroatoms. The molecule has 2 heterocycles. The number of aromatic nitrogens is 2. The standard InChI is InChI=1S/C18H13BrClN3O2/c19-14-5-1-4-12(7-14)18(24)23-9-13(10-23)17-21-16(22-25-17)11-3-2-6-15(20)8-11/h1-8,13H,9-10H2. The van der Waals surface area contributed by atoms with Crippen molar-refractivity contribution < 1.29 is 9.32 Å². The molecule has 0 saturated carbocycles. The lowest BCUT2D eigenvalue weighted by Crippen LogP contribution is -2.48. The molecule has 1 aromatic heterocycles. The summed E-state index contributed by atoms with van der Waals surface area (Å²) >= 11 is 9.38. The Balaban J connectivity index is 1.43. The predicted octanol–water partition coefficient (Wildman–Crippen LogP) is 4.39. The number of hydrogen-bond acceptors (Lipinski definition) is 4. The van der Waals surface area contributed by atoms with Crippen LogP contribution in [0.15, 0.2) is 57.5 Å². The summed E-state index contributed by atoms with van der Waals surface area (Å²) < 4.78 is 6.25. The van der Waals surface area contributed by atoms with E-state index in [1.807, 2.05) is 36.4 Å². The van der Waals surface area contributed by atoms with Crippen LogP contribution in [-0.4, -0.2) is 34.0 Å². The third-order valence-electron chi connectivity index (χ3n) is 4.11. The SMILES string of the molecule is O=C(c1cccc(Br)c1)N1CC(c2nc(-c3cccc(Cl)c3)no2)C1. The van der Waals surface area contributed by atoms with Crippen LogP contribution in [0.5, 0.6) is 0 Å². The van der Waals surface area contributed by atoms with Crippen molar-refractivity contribution in [2.24, 2.45) is 0 Å². The summed E-state index contributed by atoms with van der Waals surface area (Å²) in [6.45, 7) is 1.14. The molecule has 4 rings (SSSR count). The van der Waals surface area contributed by atoms with Gasteiger partial charge in [-0.05, 0) is 30.3 Å². The number of carbonyl (C=O) groups excluding carboxylic acids is 1. The first-order chi connectivity index (χ1) is 12.1. The van der Waals surface area contributed by atoms with E-state index < -0.39 is 0 Å². The van der Waals surface area contributed by atoms with E-state index in [1.54, 1.807) is 17.0 Å². The normalized spacial score (nSPS) is 14.4. The fourth-order valence-electron chi connectivity index (χ4n) is 2.75. The van der Waals surface area contributed by atoms with Crippen LogP contribution in [0.4, 0.5) is 0 Å². The molecule has 0 N–H and O–H groups in total. The molecule has 0 spiro atoms. The molecule has 1 aliphatic rings. The van der Waals surface area contributed by atoms with Crippen LogP contribution in [0.2, 0.25) is 5.02 Å². The van der Waals surface area contributed by atoms with Gasteiger partial charge in [0, 0.05) is 33.7 Å². The van der Waals surface area contributed by atoms with Gasteiger partial charge in [0.1, 0.15) is 0 Å². The lowest BCUT2D eigenvalue weighted by atomic mass is 9.99. The third kappa shape index (κ3) is 3.32. The van der Waals surface area contributed by atoms with Crippen LogP contribution < -0.4 is 0 Å². The lowest BCUT2D eigenvalue weighted by Gasteiger charge is -2.37. The van der Waals surface area contributed by atoms with E-state index in [1.165, 1.54) is 0 Å². The zero-order valence-electron chi connectivity index (χ0n) is 13.0. The number of halogens is 2. The molecule has 0 aliphatic carbocycles. The highest BCUT2D eigenvalue weighted by Gasteiger charge is 2.36. The van der Waals surface area contributed by atoms with E-state index in [2.05, 4.69) is 26.1 Å². The molecule has 0 atom stereocenters. The first kappa shape index (κ1) is 16.3. The van der Waals surface area contributed by atoms with Crippen molar-refractivity contribution in [1.82, 2.24) is 15.0 Å². The Kier molecular flexibility index (Phi) is 4.31. The summed E-state index contributed by atoms with van der Waals surface area (Å²) in [4.78, 5) is 18.7. The molecule has 3 aromatic rings. The van der Waals surface area contributed by atoms with E-state index in [0.29, 0.717) is 35.4 Å². The molecule has 126 valence electrons. The number of nitrogens with zero attached hydrogens (tertiary/aromatic N) is 3. The molecule has 0 radical (unpaired) electrons. The predicted molar refractivity (Wildman–Crippen MR) is 97.5 cm³/mol. The van der Waals surface area contributed by atoms with Gasteiger partial charge < -0.3 is 9.42 Å². The lowest BCUT2D eigenvalue weighted by molar-refractivity contribution is 0.0569. The highest BCUT2D eigenvalue weighted by atomic mass is 79.9. The van der Waals surface area contributed by atoms with Gasteiger partial charge in [0.05, 0.1) is 5.92 Å². The maximum atomic E-state index is 12.4. The molecule has 25 heavy (non-hydrogen) atoms. The van der Waals surface area contributed by atoms with Gasteiger partial charge in [-0.25, -0.2) is 0 Å². The largest absolute Gasteiger partial charge is 0.339 e. The Morgan fingerprint density at radius 2 is 2.00 bits per heavy atom. The Labute approximate surface area is 157 Å². The van der Waals surface area contributed by atoms with Gasteiger partial charge in [0.15, 0.2) is 0 Å². The van der Waals surface area contributed by atoms with Crippen LogP contribution in [0.3, 0.4) is 0 Å². The number of benzene rings is 2. The number of likely N-dealkylation sites (tertiary alicyclic amines) is 1. The Bertz CT molecular complexity index is 937. The minimum atomic E-state index is 0.00660. The van der Waals surface area contributed by atoms with Gasteiger partial charge in [-0.3, -0.25) is 4.79 Å². The summed E-state index contributed by atoms with van der Waals surface area (Å²) in [5.41, 5.74) is 1.47. The Morgan fingerprint density at radius 1 is 1.20 bits per heavy atom. The van der Waals surface area contributed by atoms with Gasteiger partial charge in [-0.2, -0.15) is 4.98 Å². The van der Waals surface area contributed by atoms with E-state index in [4.69, 9.17) is 16.1 Å². The maximum absolute atomic E-state index is 12.4. The first-order valence-electron chi connectivity index (χ1n) is 7.74. The maximum Gasteiger partial charge on any atom is 0.253 e. The van der Waals surface area contributed by atoms with Crippen molar-refractivity contribution in [2.45, 2.75) is 5.92 Å². The van der Waals surface area contributed by atoms with Gasteiger partial charge in [-0.15, -0.1) is 0 Å². The smallest absolute Gasteiger partial charge is 0.253 e. The van der Waals surface area contributed by atoms with Gasteiger partial charge in [0.25, 0.3) is 5.91 Å². The third-order valence-corrected chi connectivity index (χ3v) is 4.84. The van der Waals surface area contributed by atoms with Crippen LogP contribution in [0.25, 0.3) is 11.4 Å². The highest BCUT2D eigenvalue weighted by molar-refractivity contribution is 9.10. The minimum absolute atomic E-state index is 0.00660. The van der Waals surface area contributed by atoms with E-state index >= 15 is 0 Å². The molecular formula is C18H13BrClN3O2.